The summed E-state index contributed by atoms with van der Waals surface area (Å²) < 4.78 is 0. The van der Waals surface area contributed by atoms with Crippen molar-refractivity contribution in [3.05, 3.63) is 75.8 Å². The number of para-hydroxylation sites is 1. The molecular weight excluding hydrogens is 282 g/mol. The van der Waals surface area contributed by atoms with Gasteiger partial charge in [-0.05, 0) is 35.9 Å². The highest BCUT2D eigenvalue weighted by molar-refractivity contribution is 6.01. The highest BCUT2D eigenvalue weighted by Gasteiger charge is 2.20. The third-order valence-electron chi connectivity index (χ3n) is 3.35. The molecule has 0 fully saturated rings. The number of fused-ring (bicyclic) bond motifs is 1. The molecule has 2 N–H and O–H groups in total. The van der Waals surface area contributed by atoms with Crippen molar-refractivity contribution in [2.45, 2.75) is 6.17 Å². The van der Waals surface area contributed by atoms with Gasteiger partial charge in [-0.2, -0.15) is 0 Å². The summed E-state index contributed by atoms with van der Waals surface area (Å²) in [5.41, 5.74) is 2.27. The highest BCUT2D eigenvalue weighted by atomic mass is 16.6. The number of rotatable bonds is 3. The zero-order valence-electron chi connectivity index (χ0n) is 11.5. The molecule has 0 bridgehead atoms. The van der Waals surface area contributed by atoms with E-state index in [1.54, 1.807) is 30.4 Å². The lowest BCUT2D eigenvalue weighted by atomic mass is 10.1. The van der Waals surface area contributed by atoms with Crippen LogP contribution in [0.5, 0.6) is 0 Å². The number of carbonyl (C=O) groups is 1. The van der Waals surface area contributed by atoms with E-state index in [1.807, 2.05) is 18.2 Å². The molecule has 1 atom stereocenters. The molecule has 110 valence electrons. The van der Waals surface area contributed by atoms with Gasteiger partial charge >= 0.3 is 0 Å². The summed E-state index contributed by atoms with van der Waals surface area (Å²) in [6.07, 6.45) is 3.28. The molecule has 6 nitrogen and oxygen atoms in total. The minimum Gasteiger partial charge on any atom is -0.361 e. The van der Waals surface area contributed by atoms with Gasteiger partial charge in [0.2, 0.25) is 0 Å². The lowest BCUT2D eigenvalue weighted by Crippen LogP contribution is -2.43. The van der Waals surface area contributed by atoms with Crippen LogP contribution in [0.1, 0.15) is 15.9 Å². The molecule has 0 aromatic heterocycles. The minimum atomic E-state index is -0.437. The first-order valence-electron chi connectivity index (χ1n) is 6.72. The van der Waals surface area contributed by atoms with Gasteiger partial charge in [-0.3, -0.25) is 14.9 Å². The topological polar surface area (TPSA) is 84.3 Å². The van der Waals surface area contributed by atoms with Gasteiger partial charge in [0.15, 0.2) is 0 Å². The van der Waals surface area contributed by atoms with Gasteiger partial charge in [-0.25, -0.2) is 0 Å². The average Bonchev–Trinajstić information content (AvgIpc) is 2.53. The normalized spacial score (nSPS) is 16.7. The number of hydrogen-bond acceptors (Lipinski definition) is 4. The molecule has 0 radical (unpaired) electrons. The zero-order valence-corrected chi connectivity index (χ0v) is 11.5. The summed E-state index contributed by atoms with van der Waals surface area (Å²) in [6, 6.07) is 13.5. The first-order chi connectivity index (χ1) is 10.6. The third-order valence-corrected chi connectivity index (χ3v) is 3.35. The van der Waals surface area contributed by atoms with Crippen LogP contribution in [0.15, 0.2) is 54.6 Å². The van der Waals surface area contributed by atoms with Crippen LogP contribution < -0.4 is 10.6 Å². The predicted molar refractivity (Wildman–Crippen MR) is 83.4 cm³/mol. The number of nitrogens with one attached hydrogen (secondary N) is 2. The molecule has 1 unspecified atom stereocenters. The maximum atomic E-state index is 12.0. The summed E-state index contributed by atoms with van der Waals surface area (Å²) in [7, 11) is 0. The second-order valence-corrected chi connectivity index (χ2v) is 4.85. The van der Waals surface area contributed by atoms with Gasteiger partial charge in [0, 0.05) is 17.8 Å². The molecule has 0 spiro atoms. The smallest absolute Gasteiger partial charge is 0.269 e. The summed E-state index contributed by atoms with van der Waals surface area (Å²) >= 11 is 0. The fraction of sp³-hybridized carbons (Fsp3) is 0.0625. The number of nitrogens with zero attached hydrogens (tertiary/aromatic N) is 1. The Bertz CT molecular complexity index is 753. The maximum absolute atomic E-state index is 12.0. The molecule has 2 aromatic carbocycles. The molecule has 22 heavy (non-hydrogen) atoms. The molecule has 6 heteroatoms. The number of hydrogen-bond donors (Lipinski definition) is 2. The number of nitro groups is 1. The van der Waals surface area contributed by atoms with E-state index >= 15 is 0 Å². The molecule has 1 heterocycles. The van der Waals surface area contributed by atoms with Crippen LogP contribution in [0.3, 0.4) is 0 Å². The van der Waals surface area contributed by atoms with E-state index in [4.69, 9.17) is 0 Å². The van der Waals surface area contributed by atoms with E-state index in [0.29, 0.717) is 5.56 Å². The fourth-order valence-corrected chi connectivity index (χ4v) is 2.24. The molecule has 2 aromatic rings. The van der Waals surface area contributed by atoms with Crippen LogP contribution in [0, 0.1) is 10.1 Å². The van der Waals surface area contributed by atoms with Crippen LogP contribution in [0.4, 0.5) is 11.4 Å². The van der Waals surface area contributed by atoms with Gasteiger partial charge in [-0.15, -0.1) is 0 Å². The second kappa shape index (κ2) is 5.69. The Kier molecular flexibility index (Phi) is 3.57. The molecular formula is C16H13N3O3. The average molecular weight is 295 g/mol. The van der Waals surface area contributed by atoms with E-state index in [-0.39, 0.29) is 17.8 Å². The number of carbonyl (C=O) groups excluding carboxylic acids is 1. The maximum Gasteiger partial charge on any atom is 0.269 e. The number of amides is 1. The SMILES string of the molecule is O=C1NC(/C=C/c2ccc([N+](=O)[O-])cc2)Nc2ccccc21. The van der Waals surface area contributed by atoms with Gasteiger partial charge in [0.1, 0.15) is 6.17 Å². The van der Waals surface area contributed by atoms with Crippen molar-refractivity contribution in [3.63, 3.8) is 0 Å². The Morgan fingerprint density at radius 3 is 2.50 bits per heavy atom. The predicted octanol–water partition coefficient (Wildman–Crippen LogP) is 2.79. The first kappa shape index (κ1) is 13.8. The van der Waals surface area contributed by atoms with Gasteiger partial charge < -0.3 is 10.6 Å². The van der Waals surface area contributed by atoms with Crippen molar-refractivity contribution in [1.29, 1.82) is 0 Å². The summed E-state index contributed by atoms with van der Waals surface area (Å²) in [4.78, 5) is 22.1. The lowest BCUT2D eigenvalue weighted by Gasteiger charge is -2.25. The number of benzene rings is 2. The fourth-order valence-electron chi connectivity index (χ4n) is 2.24. The molecule has 1 amide bonds. The Morgan fingerprint density at radius 2 is 1.77 bits per heavy atom. The zero-order chi connectivity index (χ0) is 15.5. The highest BCUT2D eigenvalue weighted by Crippen LogP contribution is 2.20. The second-order valence-electron chi connectivity index (χ2n) is 4.85. The molecule has 0 aliphatic carbocycles. The molecule has 0 saturated carbocycles. The first-order valence-corrected chi connectivity index (χ1v) is 6.72. The largest absolute Gasteiger partial charge is 0.361 e. The van der Waals surface area contributed by atoms with Crippen LogP contribution in [-0.2, 0) is 0 Å². The number of nitro benzene ring substituents is 1. The summed E-state index contributed by atoms with van der Waals surface area (Å²) in [5, 5.41) is 16.6. The van der Waals surface area contributed by atoms with E-state index < -0.39 is 4.92 Å². The van der Waals surface area contributed by atoms with Crippen molar-refractivity contribution in [3.8, 4) is 0 Å². The number of anilines is 1. The minimum absolute atomic E-state index is 0.0511. The van der Waals surface area contributed by atoms with E-state index in [1.165, 1.54) is 12.1 Å². The van der Waals surface area contributed by atoms with Crippen LogP contribution in [-0.4, -0.2) is 17.0 Å². The lowest BCUT2D eigenvalue weighted by molar-refractivity contribution is -0.384. The summed E-state index contributed by atoms with van der Waals surface area (Å²) in [5.74, 6) is -0.132. The van der Waals surface area contributed by atoms with Crippen LogP contribution in [0.25, 0.3) is 6.08 Å². The molecule has 1 aliphatic rings. The van der Waals surface area contributed by atoms with Crippen molar-refractivity contribution >= 4 is 23.4 Å². The van der Waals surface area contributed by atoms with Gasteiger partial charge in [-0.1, -0.05) is 18.2 Å². The third kappa shape index (κ3) is 2.80. The number of non-ortho nitro benzene ring substituents is 1. The standard InChI is InChI=1S/C16H13N3O3/c20-16-13-3-1-2-4-14(13)17-15(18-16)10-7-11-5-8-12(9-6-11)19(21)22/h1-10,15,17H,(H,18,20)/b10-7+. The Balaban J connectivity index is 1.74. The van der Waals surface area contributed by atoms with E-state index in [0.717, 1.165) is 11.3 Å². The molecule has 1 aliphatic heterocycles. The van der Waals surface area contributed by atoms with Crippen molar-refractivity contribution < 1.29 is 9.72 Å². The molecule has 3 rings (SSSR count). The van der Waals surface area contributed by atoms with Crippen LogP contribution >= 0.6 is 0 Å². The van der Waals surface area contributed by atoms with Crippen molar-refractivity contribution in [2.75, 3.05) is 5.32 Å². The van der Waals surface area contributed by atoms with Gasteiger partial charge in [0.05, 0.1) is 10.5 Å². The molecule has 0 saturated heterocycles. The van der Waals surface area contributed by atoms with Gasteiger partial charge in [0.25, 0.3) is 11.6 Å². The van der Waals surface area contributed by atoms with E-state index in [2.05, 4.69) is 10.6 Å². The summed E-state index contributed by atoms with van der Waals surface area (Å²) in [6.45, 7) is 0. The van der Waals surface area contributed by atoms with E-state index in [9.17, 15) is 14.9 Å². The Hall–Kier alpha value is -3.15. The van der Waals surface area contributed by atoms with Crippen molar-refractivity contribution in [2.24, 2.45) is 0 Å². The monoisotopic (exact) mass is 295 g/mol. The quantitative estimate of drug-likeness (QED) is 0.673. The Morgan fingerprint density at radius 1 is 1.05 bits per heavy atom. The Labute approximate surface area is 126 Å². The van der Waals surface area contributed by atoms with Crippen LogP contribution in [0.2, 0.25) is 0 Å². The van der Waals surface area contributed by atoms with Crippen molar-refractivity contribution in [1.82, 2.24) is 5.32 Å².